The standard InChI is InChI=1S/C18H37NO2/c1-4-6-7-8-9-10-11-12-13-14-17(20)19-16-18(3,21)15-5-2/h21H,4-16H2,1-3H3,(H,19,20). The Hall–Kier alpha value is -0.570. The minimum atomic E-state index is -0.761. The Bertz CT molecular complexity index is 252. The maximum absolute atomic E-state index is 11.7. The zero-order chi connectivity index (χ0) is 16.0. The molecule has 1 amide bonds. The third-order valence-corrected chi connectivity index (χ3v) is 3.96. The van der Waals surface area contributed by atoms with E-state index in [9.17, 15) is 9.90 Å². The van der Waals surface area contributed by atoms with E-state index < -0.39 is 5.60 Å². The summed E-state index contributed by atoms with van der Waals surface area (Å²) in [4.78, 5) is 11.7. The maximum Gasteiger partial charge on any atom is 0.220 e. The molecule has 0 heterocycles. The number of unbranched alkanes of at least 4 members (excludes halogenated alkanes) is 8. The molecule has 0 aliphatic rings. The Labute approximate surface area is 131 Å². The van der Waals surface area contributed by atoms with Crippen molar-refractivity contribution in [3.05, 3.63) is 0 Å². The first kappa shape index (κ1) is 20.4. The molecule has 0 aromatic carbocycles. The van der Waals surface area contributed by atoms with Gasteiger partial charge in [0.05, 0.1) is 5.60 Å². The molecule has 1 unspecified atom stereocenters. The summed E-state index contributed by atoms with van der Waals surface area (Å²) in [5.41, 5.74) is -0.761. The van der Waals surface area contributed by atoms with Crippen LogP contribution < -0.4 is 5.32 Å². The van der Waals surface area contributed by atoms with Gasteiger partial charge in [0.25, 0.3) is 0 Å². The second-order valence-corrected chi connectivity index (χ2v) is 6.60. The fourth-order valence-electron chi connectivity index (χ4n) is 2.60. The van der Waals surface area contributed by atoms with Crippen molar-refractivity contribution < 1.29 is 9.90 Å². The Balaban J connectivity index is 3.38. The zero-order valence-corrected chi connectivity index (χ0v) is 14.5. The van der Waals surface area contributed by atoms with Gasteiger partial charge >= 0.3 is 0 Å². The lowest BCUT2D eigenvalue weighted by atomic mass is 10.0. The van der Waals surface area contributed by atoms with Gasteiger partial charge in [-0.1, -0.05) is 71.6 Å². The summed E-state index contributed by atoms with van der Waals surface area (Å²) in [5, 5.41) is 12.8. The third kappa shape index (κ3) is 14.1. The first-order chi connectivity index (χ1) is 10.0. The van der Waals surface area contributed by atoms with Crippen molar-refractivity contribution in [1.29, 1.82) is 0 Å². The van der Waals surface area contributed by atoms with Crippen molar-refractivity contribution in [3.8, 4) is 0 Å². The molecular weight excluding hydrogens is 262 g/mol. The summed E-state index contributed by atoms with van der Waals surface area (Å²) in [6, 6.07) is 0. The van der Waals surface area contributed by atoms with Gasteiger partial charge in [0.1, 0.15) is 0 Å². The van der Waals surface area contributed by atoms with Crippen LogP contribution in [-0.2, 0) is 4.79 Å². The summed E-state index contributed by atoms with van der Waals surface area (Å²) in [6.07, 6.45) is 13.7. The van der Waals surface area contributed by atoms with E-state index in [1.54, 1.807) is 6.92 Å². The maximum atomic E-state index is 11.7. The molecule has 0 fully saturated rings. The van der Waals surface area contributed by atoms with Crippen LogP contribution in [0, 0.1) is 0 Å². The molecule has 0 aliphatic heterocycles. The van der Waals surface area contributed by atoms with Crippen molar-refractivity contribution in [2.45, 2.75) is 103 Å². The highest BCUT2D eigenvalue weighted by Crippen LogP contribution is 2.12. The molecule has 0 aromatic heterocycles. The number of hydrogen-bond acceptors (Lipinski definition) is 2. The minimum absolute atomic E-state index is 0.0781. The van der Waals surface area contributed by atoms with Crippen LogP contribution in [0.1, 0.15) is 97.8 Å². The highest BCUT2D eigenvalue weighted by molar-refractivity contribution is 5.75. The monoisotopic (exact) mass is 299 g/mol. The average molecular weight is 299 g/mol. The molecule has 3 nitrogen and oxygen atoms in total. The number of hydrogen-bond donors (Lipinski definition) is 2. The zero-order valence-electron chi connectivity index (χ0n) is 14.5. The number of carbonyl (C=O) groups excluding carboxylic acids is 1. The van der Waals surface area contributed by atoms with Gasteiger partial charge in [-0.25, -0.2) is 0 Å². The SMILES string of the molecule is CCCCCCCCCCCC(=O)NCC(C)(O)CCC. The molecule has 0 aromatic rings. The molecule has 3 heteroatoms. The molecule has 0 saturated carbocycles. The third-order valence-electron chi connectivity index (χ3n) is 3.96. The van der Waals surface area contributed by atoms with E-state index in [1.165, 1.54) is 44.9 Å². The van der Waals surface area contributed by atoms with Crippen molar-refractivity contribution in [2.24, 2.45) is 0 Å². The van der Waals surface area contributed by atoms with E-state index in [2.05, 4.69) is 12.2 Å². The number of rotatable bonds is 14. The minimum Gasteiger partial charge on any atom is -0.388 e. The van der Waals surface area contributed by atoms with Crippen molar-refractivity contribution >= 4 is 5.91 Å². The second-order valence-electron chi connectivity index (χ2n) is 6.60. The first-order valence-electron chi connectivity index (χ1n) is 9.01. The molecule has 126 valence electrons. The molecule has 1 atom stereocenters. The summed E-state index contributed by atoms with van der Waals surface area (Å²) >= 11 is 0. The smallest absolute Gasteiger partial charge is 0.220 e. The Morgan fingerprint density at radius 1 is 0.905 bits per heavy atom. The van der Waals surface area contributed by atoms with Crippen LogP contribution in [0.15, 0.2) is 0 Å². The van der Waals surface area contributed by atoms with Gasteiger partial charge in [-0.15, -0.1) is 0 Å². The fourth-order valence-corrected chi connectivity index (χ4v) is 2.60. The van der Waals surface area contributed by atoms with E-state index in [0.717, 1.165) is 25.7 Å². The lowest BCUT2D eigenvalue weighted by molar-refractivity contribution is -0.122. The highest BCUT2D eigenvalue weighted by Gasteiger charge is 2.19. The molecule has 0 aliphatic carbocycles. The molecule has 0 bridgehead atoms. The fraction of sp³-hybridized carbons (Fsp3) is 0.944. The van der Waals surface area contributed by atoms with Crippen LogP contribution in [0.3, 0.4) is 0 Å². The highest BCUT2D eigenvalue weighted by atomic mass is 16.3. The normalized spacial score (nSPS) is 13.9. The van der Waals surface area contributed by atoms with E-state index in [4.69, 9.17) is 0 Å². The van der Waals surface area contributed by atoms with E-state index in [0.29, 0.717) is 13.0 Å². The van der Waals surface area contributed by atoms with Crippen LogP contribution >= 0.6 is 0 Å². The summed E-state index contributed by atoms with van der Waals surface area (Å²) in [7, 11) is 0. The average Bonchev–Trinajstić information content (AvgIpc) is 2.43. The van der Waals surface area contributed by atoms with Gasteiger partial charge in [-0.2, -0.15) is 0 Å². The van der Waals surface area contributed by atoms with Gasteiger partial charge in [0.2, 0.25) is 5.91 Å². The number of carbonyl (C=O) groups is 1. The molecule has 2 N–H and O–H groups in total. The van der Waals surface area contributed by atoms with Crippen molar-refractivity contribution in [3.63, 3.8) is 0 Å². The van der Waals surface area contributed by atoms with Crippen LogP contribution in [-0.4, -0.2) is 23.2 Å². The topological polar surface area (TPSA) is 49.3 Å². The van der Waals surface area contributed by atoms with Gasteiger partial charge in [-0.3, -0.25) is 4.79 Å². The molecule has 0 radical (unpaired) electrons. The van der Waals surface area contributed by atoms with Gasteiger partial charge in [0, 0.05) is 13.0 Å². The quantitative estimate of drug-likeness (QED) is 0.461. The van der Waals surface area contributed by atoms with Gasteiger partial charge < -0.3 is 10.4 Å². The first-order valence-corrected chi connectivity index (χ1v) is 9.01. The van der Waals surface area contributed by atoms with Crippen LogP contribution in [0.25, 0.3) is 0 Å². The van der Waals surface area contributed by atoms with Crippen LogP contribution in [0.4, 0.5) is 0 Å². The number of nitrogens with one attached hydrogen (secondary N) is 1. The second kappa shape index (κ2) is 13.1. The molecule has 0 rings (SSSR count). The Morgan fingerprint density at radius 2 is 1.43 bits per heavy atom. The predicted octanol–water partition coefficient (Wildman–Crippen LogP) is 4.57. The van der Waals surface area contributed by atoms with E-state index >= 15 is 0 Å². The van der Waals surface area contributed by atoms with E-state index in [1.807, 2.05) is 6.92 Å². The van der Waals surface area contributed by atoms with E-state index in [-0.39, 0.29) is 5.91 Å². The summed E-state index contributed by atoms with van der Waals surface area (Å²) in [5.74, 6) is 0.0781. The Morgan fingerprint density at radius 3 is 1.95 bits per heavy atom. The molecule has 0 spiro atoms. The van der Waals surface area contributed by atoms with Crippen molar-refractivity contribution in [2.75, 3.05) is 6.54 Å². The van der Waals surface area contributed by atoms with Crippen LogP contribution in [0.2, 0.25) is 0 Å². The largest absolute Gasteiger partial charge is 0.388 e. The Kier molecular flexibility index (Phi) is 12.8. The molecular formula is C18H37NO2. The van der Waals surface area contributed by atoms with Gasteiger partial charge in [0.15, 0.2) is 0 Å². The number of amides is 1. The number of aliphatic hydroxyl groups is 1. The predicted molar refractivity (Wildman–Crippen MR) is 90.4 cm³/mol. The van der Waals surface area contributed by atoms with Crippen LogP contribution in [0.5, 0.6) is 0 Å². The van der Waals surface area contributed by atoms with Gasteiger partial charge in [-0.05, 0) is 19.8 Å². The van der Waals surface area contributed by atoms with Crippen molar-refractivity contribution in [1.82, 2.24) is 5.32 Å². The lowest BCUT2D eigenvalue weighted by Gasteiger charge is -2.22. The molecule has 21 heavy (non-hydrogen) atoms. The summed E-state index contributed by atoms with van der Waals surface area (Å²) < 4.78 is 0. The summed E-state index contributed by atoms with van der Waals surface area (Å²) in [6.45, 7) is 6.44. The lowest BCUT2D eigenvalue weighted by Crippen LogP contribution is -2.40. The molecule has 0 saturated heterocycles.